The summed E-state index contributed by atoms with van der Waals surface area (Å²) in [7, 11) is -2.98. The van der Waals surface area contributed by atoms with E-state index in [0.717, 1.165) is 11.1 Å². The molecule has 6 nitrogen and oxygen atoms in total. The molecule has 0 bridgehead atoms. The lowest BCUT2D eigenvalue weighted by atomic mass is 9.92. The standard InChI is InChI=1S/C37H26ClFN2O4S/c1-22-8-13-29(14-9-22)46(43,44)41-34-16-12-28(39)20-32(34)35(31-17-23(2)7-10-27(31)21-40)36(41)25-6-4-5-24(18-25)30-15-11-26(19-33(30)38)37(42)45-3/h4-20H,1-3H3. The van der Waals surface area contributed by atoms with Gasteiger partial charge in [0.2, 0.25) is 0 Å². The monoisotopic (exact) mass is 648 g/mol. The van der Waals surface area contributed by atoms with E-state index in [1.807, 2.05) is 19.9 Å². The number of nitriles is 1. The number of nitrogens with zero attached hydrogens (tertiary/aromatic N) is 2. The van der Waals surface area contributed by atoms with E-state index in [4.69, 9.17) is 16.3 Å². The zero-order valence-electron chi connectivity index (χ0n) is 25.0. The number of ether oxygens (including phenoxy) is 1. The van der Waals surface area contributed by atoms with Gasteiger partial charge < -0.3 is 4.74 Å². The zero-order chi connectivity index (χ0) is 32.7. The van der Waals surface area contributed by atoms with Crippen LogP contribution in [0.1, 0.15) is 27.0 Å². The highest BCUT2D eigenvalue weighted by Crippen LogP contribution is 2.45. The van der Waals surface area contributed by atoms with Crippen LogP contribution in [0.25, 0.3) is 44.4 Å². The zero-order valence-corrected chi connectivity index (χ0v) is 26.6. The third kappa shape index (κ3) is 5.34. The van der Waals surface area contributed by atoms with Gasteiger partial charge in [0.15, 0.2) is 0 Å². The summed E-state index contributed by atoms with van der Waals surface area (Å²) in [5.41, 5.74) is 5.42. The molecule has 228 valence electrons. The number of aromatic nitrogens is 1. The summed E-state index contributed by atoms with van der Waals surface area (Å²) in [6, 6.07) is 29.9. The molecule has 0 aliphatic rings. The van der Waals surface area contributed by atoms with E-state index in [1.54, 1.807) is 60.7 Å². The first-order valence-corrected chi connectivity index (χ1v) is 16.0. The topological polar surface area (TPSA) is 89.2 Å². The van der Waals surface area contributed by atoms with Crippen LogP contribution in [0.5, 0.6) is 0 Å². The normalized spacial score (nSPS) is 11.4. The van der Waals surface area contributed by atoms with Crippen LogP contribution in [0.3, 0.4) is 0 Å². The maximum atomic E-state index is 15.0. The van der Waals surface area contributed by atoms with Crippen molar-refractivity contribution in [3.8, 4) is 39.6 Å². The van der Waals surface area contributed by atoms with Crippen molar-refractivity contribution in [2.75, 3.05) is 7.11 Å². The lowest BCUT2D eigenvalue weighted by Crippen LogP contribution is -2.14. The number of benzene rings is 5. The molecule has 0 fully saturated rings. The second-order valence-electron chi connectivity index (χ2n) is 10.9. The van der Waals surface area contributed by atoms with Crippen molar-refractivity contribution in [2.24, 2.45) is 0 Å². The van der Waals surface area contributed by atoms with E-state index < -0.39 is 21.8 Å². The Morgan fingerprint density at radius 3 is 2.26 bits per heavy atom. The quantitative estimate of drug-likeness (QED) is 0.168. The van der Waals surface area contributed by atoms with Gasteiger partial charge in [0.1, 0.15) is 5.82 Å². The molecule has 9 heteroatoms. The Morgan fingerprint density at radius 1 is 0.848 bits per heavy atom. The van der Waals surface area contributed by atoms with E-state index in [1.165, 1.54) is 47.5 Å². The van der Waals surface area contributed by atoms with Gasteiger partial charge in [-0.05, 0) is 74.0 Å². The average Bonchev–Trinajstić information content (AvgIpc) is 3.39. The fraction of sp³-hybridized carbons (Fsp3) is 0.0811. The van der Waals surface area contributed by atoms with Crippen LogP contribution in [0.4, 0.5) is 4.39 Å². The van der Waals surface area contributed by atoms with Crippen molar-refractivity contribution < 1.29 is 22.3 Å². The molecule has 6 rings (SSSR count). The summed E-state index contributed by atoms with van der Waals surface area (Å²) in [4.78, 5) is 12.1. The third-order valence-corrected chi connectivity index (χ3v) is 9.89. The average molecular weight is 649 g/mol. The summed E-state index contributed by atoms with van der Waals surface area (Å²) in [5.74, 6) is -1.08. The van der Waals surface area contributed by atoms with Gasteiger partial charge in [-0.1, -0.05) is 71.3 Å². The minimum absolute atomic E-state index is 0.0504. The lowest BCUT2D eigenvalue weighted by molar-refractivity contribution is 0.0600. The number of hydrogen-bond donors (Lipinski definition) is 0. The molecular weight excluding hydrogens is 623 g/mol. The van der Waals surface area contributed by atoms with Crippen LogP contribution in [0.15, 0.2) is 108 Å². The van der Waals surface area contributed by atoms with Crippen LogP contribution in [0.2, 0.25) is 5.02 Å². The van der Waals surface area contributed by atoms with Crippen LogP contribution in [-0.4, -0.2) is 25.5 Å². The molecule has 6 aromatic rings. The van der Waals surface area contributed by atoms with Crippen LogP contribution >= 0.6 is 11.6 Å². The van der Waals surface area contributed by atoms with Gasteiger partial charge in [0, 0.05) is 32.7 Å². The third-order valence-electron chi connectivity index (χ3n) is 7.85. The Kier molecular flexibility index (Phi) is 7.99. The highest BCUT2D eigenvalue weighted by Gasteiger charge is 2.30. The fourth-order valence-electron chi connectivity index (χ4n) is 5.63. The molecule has 0 atom stereocenters. The van der Waals surface area contributed by atoms with E-state index in [0.29, 0.717) is 43.8 Å². The molecule has 46 heavy (non-hydrogen) atoms. The molecule has 0 radical (unpaired) electrons. The highest BCUT2D eigenvalue weighted by molar-refractivity contribution is 7.90. The van der Waals surface area contributed by atoms with Crippen molar-refractivity contribution in [1.29, 1.82) is 5.26 Å². The number of halogens is 2. The van der Waals surface area contributed by atoms with Gasteiger partial charge in [-0.2, -0.15) is 5.26 Å². The van der Waals surface area contributed by atoms with Gasteiger partial charge >= 0.3 is 5.97 Å². The summed E-state index contributed by atoms with van der Waals surface area (Å²) < 4.78 is 50.2. The number of methoxy groups -OCH3 is 1. The van der Waals surface area contributed by atoms with Crippen molar-refractivity contribution in [3.63, 3.8) is 0 Å². The maximum Gasteiger partial charge on any atom is 0.337 e. The number of hydrogen-bond acceptors (Lipinski definition) is 5. The van der Waals surface area contributed by atoms with Crippen molar-refractivity contribution in [1.82, 2.24) is 3.97 Å². The number of aryl methyl sites for hydroxylation is 2. The van der Waals surface area contributed by atoms with E-state index in [-0.39, 0.29) is 21.7 Å². The Labute approximate surface area is 270 Å². The molecule has 0 aliphatic carbocycles. The first-order chi connectivity index (χ1) is 22.0. The lowest BCUT2D eigenvalue weighted by Gasteiger charge is -2.16. The van der Waals surface area contributed by atoms with Gasteiger partial charge in [-0.3, -0.25) is 0 Å². The van der Waals surface area contributed by atoms with Gasteiger partial charge in [-0.15, -0.1) is 0 Å². The Hall–Kier alpha value is -5.23. The number of rotatable bonds is 6. The molecule has 0 amide bonds. The SMILES string of the molecule is COC(=O)c1ccc(-c2cccc(-c3c(-c4cc(C)ccc4C#N)c4cc(F)ccc4n3S(=O)(=O)c3ccc(C)cc3)c2)c(Cl)c1. The second-order valence-corrected chi connectivity index (χ2v) is 13.1. The largest absolute Gasteiger partial charge is 0.465 e. The first-order valence-electron chi connectivity index (χ1n) is 14.2. The summed E-state index contributed by atoms with van der Waals surface area (Å²) >= 11 is 6.64. The Bertz CT molecular complexity index is 2340. The summed E-state index contributed by atoms with van der Waals surface area (Å²) in [6.07, 6.45) is 0. The van der Waals surface area contributed by atoms with Crippen LogP contribution in [-0.2, 0) is 14.8 Å². The van der Waals surface area contributed by atoms with Gasteiger partial charge in [0.05, 0.1) is 40.4 Å². The number of carbonyl (C=O) groups is 1. The molecule has 0 aliphatic heterocycles. The Balaban J connectivity index is 1.73. The molecule has 5 aromatic carbocycles. The molecule has 0 N–H and O–H groups in total. The smallest absolute Gasteiger partial charge is 0.337 e. The molecule has 1 heterocycles. The Morgan fingerprint density at radius 2 is 1.57 bits per heavy atom. The summed E-state index contributed by atoms with van der Waals surface area (Å²) in [6.45, 7) is 3.73. The van der Waals surface area contributed by atoms with Gasteiger partial charge in [-0.25, -0.2) is 21.6 Å². The highest BCUT2D eigenvalue weighted by atomic mass is 35.5. The molecule has 0 saturated carbocycles. The first kappa shape index (κ1) is 30.8. The fourth-order valence-corrected chi connectivity index (χ4v) is 7.46. The van der Waals surface area contributed by atoms with Gasteiger partial charge in [0.25, 0.3) is 10.0 Å². The maximum absolute atomic E-state index is 15.0. The molecule has 0 spiro atoms. The molecule has 1 aromatic heterocycles. The van der Waals surface area contributed by atoms with E-state index in [9.17, 15) is 22.9 Å². The van der Waals surface area contributed by atoms with Crippen LogP contribution in [0, 0.1) is 31.0 Å². The molecular formula is C37H26ClFN2O4S. The number of fused-ring (bicyclic) bond motifs is 1. The minimum Gasteiger partial charge on any atom is -0.465 e. The predicted molar refractivity (Wildman–Crippen MR) is 178 cm³/mol. The van der Waals surface area contributed by atoms with Crippen LogP contribution < -0.4 is 0 Å². The second kappa shape index (κ2) is 11.9. The van der Waals surface area contributed by atoms with Crippen molar-refractivity contribution >= 4 is 38.5 Å². The molecule has 0 saturated heterocycles. The minimum atomic E-state index is -4.26. The van der Waals surface area contributed by atoms with Crippen molar-refractivity contribution in [2.45, 2.75) is 18.7 Å². The number of carbonyl (C=O) groups excluding carboxylic acids is 1. The molecule has 0 unspecified atom stereocenters. The van der Waals surface area contributed by atoms with Crippen molar-refractivity contribution in [3.05, 3.63) is 136 Å². The van der Waals surface area contributed by atoms with E-state index in [2.05, 4.69) is 6.07 Å². The van der Waals surface area contributed by atoms with E-state index >= 15 is 0 Å². The number of esters is 1. The predicted octanol–water partition coefficient (Wildman–Crippen LogP) is 8.95. The summed E-state index contributed by atoms with van der Waals surface area (Å²) in [5, 5.41) is 10.8.